The fourth-order valence-electron chi connectivity index (χ4n) is 4.18. The maximum atomic E-state index is 14.3. The number of carbonyl (C=O) groups is 1. The van der Waals surface area contributed by atoms with Crippen LogP contribution in [0.2, 0.25) is 0 Å². The third kappa shape index (κ3) is 5.84. The molecule has 1 amide bonds. The van der Waals surface area contributed by atoms with Crippen LogP contribution in [0.25, 0.3) is 22.3 Å². The number of aromatic amines is 1. The lowest BCUT2D eigenvalue weighted by atomic mass is 10.1. The van der Waals surface area contributed by atoms with Gasteiger partial charge in [0.25, 0.3) is 0 Å². The lowest BCUT2D eigenvalue weighted by molar-refractivity contribution is -0.115. The van der Waals surface area contributed by atoms with Crippen molar-refractivity contribution in [3.63, 3.8) is 0 Å². The molecule has 5 rings (SSSR count). The van der Waals surface area contributed by atoms with Crippen molar-refractivity contribution in [1.82, 2.24) is 25.2 Å². The molecule has 35 heavy (non-hydrogen) atoms. The molecule has 8 nitrogen and oxygen atoms in total. The van der Waals surface area contributed by atoms with Gasteiger partial charge >= 0.3 is 0 Å². The third-order valence-electron chi connectivity index (χ3n) is 5.91. The molecule has 0 aliphatic carbocycles. The SMILES string of the molecule is O=C(Cc1cccc(OCCCN2CCNCC2)c1)Nc1nc(-c2c[nH]c3nccc(F)c23)cs1. The average Bonchev–Trinajstić information content (AvgIpc) is 3.50. The summed E-state index contributed by atoms with van der Waals surface area (Å²) in [5.74, 6) is 0.228. The topological polar surface area (TPSA) is 95.2 Å². The number of hydrogen-bond donors (Lipinski definition) is 3. The number of fused-ring (bicyclic) bond motifs is 1. The zero-order chi connectivity index (χ0) is 24.0. The van der Waals surface area contributed by atoms with E-state index in [0.29, 0.717) is 34.0 Å². The van der Waals surface area contributed by atoms with Crippen LogP contribution in [0.4, 0.5) is 9.52 Å². The maximum Gasteiger partial charge on any atom is 0.230 e. The van der Waals surface area contributed by atoms with Gasteiger partial charge in [-0.1, -0.05) is 12.1 Å². The molecule has 3 aromatic heterocycles. The van der Waals surface area contributed by atoms with Crippen molar-refractivity contribution in [3.8, 4) is 17.0 Å². The van der Waals surface area contributed by atoms with E-state index in [0.717, 1.165) is 50.5 Å². The summed E-state index contributed by atoms with van der Waals surface area (Å²) in [4.78, 5) is 26.6. The summed E-state index contributed by atoms with van der Waals surface area (Å²) < 4.78 is 20.2. The first-order chi connectivity index (χ1) is 17.2. The summed E-state index contributed by atoms with van der Waals surface area (Å²) in [5, 5.41) is 8.84. The monoisotopic (exact) mass is 494 g/mol. The fourth-order valence-corrected chi connectivity index (χ4v) is 4.91. The number of H-pyrrole nitrogens is 1. The number of hydrogen-bond acceptors (Lipinski definition) is 7. The number of carbonyl (C=O) groups excluding carboxylic acids is 1. The van der Waals surface area contributed by atoms with E-state index in [4.69, 9.17) is 4.74 Å². The van der Waals surface area contributed by atoms with Gasteiger partial charge in [-0.15, -0.1) is 11.3 Å². The summed E-state index contributed by atoms with van der Waals surface area (Å²) in [5.41, 5.74) is 2.52. The summed E-state index contributed by atoms with van der Waals surface area (Å²) >= 11 is 1.30. The van der Waals surface area contributed by atoms with Gasteiger partial charge in [0.1, 0.15) is 17.2 Å². The highest BCUT2D eigenvalue weighted by atomic mass is 32.1. The molecule has 4 aromatic rings. The number of nitrogens with one attached hydrogen (secondary N) is 3. The summed E-state index contributed by atoms with van der Waals surface area (Å²) in [6.07, 6.45) is 4.26. The molecule has 0 saturated carbocycles. The second-order valence-corrected chi connectivity index (χ2v) is 9.28. The molecule has 182 valence electrons. The first-order valence-electron chi connectivity index (χ1n) is 11.7. The minimum atomic E-state index is -0.365. The van der Waals surface area contributed by atoms with Gasteiger partial charge in [-0.05, 0) is 30.2 Å². The van der Waals surface area contributed by atoms with Gasteiger partial charge < -0.3 is 25.3 Å². The summed E-state index contributed by atoms with van der Waals surface area (Å²) in [7, 11) is 0. The van der Waals surface area contributed by atoms with Gasteiger partial charge in [-0.2, -0.15) is 0 Å². The van der Waals surface area contributed by atoms with Crippen molar-refractivity contribution < 1.29 is 13.9 Å². The van der Waals surface area contributed by atoms with E-state index in [2.05, 4.69) is 30.5 Å². The van der Waals surface area contributed by atoms with Gasteiger partial charge in [0.15, 0.2) is 5.13 Å². The fraction of sp³-hybridized carbons (Fsp3) is 0.320. The van der Waals surface area contributed by atoms with E-state index in [1.807, 2.05) is 24.3 Å². The van der Waals surface area contributed by atoms with Crippen LogP contribution in [0.15, 0.2) is 48.1 Å². The van der Waals surface area contributed by atoms with E-state index >= 15 is 0 Å². The van der Waals surface area contributed by atoms with Gasteiger partial charge in [-0.3, -0.25) is 4.79 Å². The van der Waals surface area contributed by atoms with Gasteiger partial charge in [0.2, 0.25) is 5.91 Å². The van der Waals surface area contributed by atoms with Gasteiger partial charge in [0, 0.05) is 56.1 Å². The Kier molecular flexibility index (Phi) is 7.31. The number of aromatic nitrogens is 3. The highest BCUT2D eigenvalue weighted by molar-refractivity contribution is 7.14. The Hall–Kier alpha value is -3.34. The van der Waals surface area contributed by atoms with Crippen molar-refractivity contribution in [3.05, 3.63) is 59.5 Å². The van der Waals surface area contributed by atoms with E-state index < -0.39 is 0 Å². The van der Waals surface area contributed by atoms with Crippen LogP contribution in [-0.2, 0) is 11.2 Å². The Bertz CT molecular complexity index is 1300. The van der Waals surface area contributed by atoms with E-state index in [9.17, 15) is 9.18 Å². The highest BCUT2D eigenvalue weighted by Gasteiger charge is 2.15. The van der Waals surface area contributed by atoms with Crippen LogP contribution in [0.3, 0.4) is 0 Å². The number of ether oxygens (including phenoxy) is 1. The molecular weight excluding hydrogens is 467 g/mol. The molecule has 1 fully saturated rings. The van der Waals surface area contributed by atoms with Crippen molar-refractivity contribution >= 4 is 33.4 Å². The number of halogens is 1. The first-order valence-corrected chi connectivity index (χ1v) is 12.6. The number of thiazole rings is 1. The number of nitrogens with zero attached hydrogens (tertiary/aromatic N) is 3. The molecule has 1 saturated heterocycles. The predicted octanol–water partition coefficient (Wildman–Crippen LogP) is 3.68. The Labute approximate surface area is 206 Å². The smallest absolute Gasteiger partial charge is 0.230 e. The van der Waals surface area contributed by atoms with Gasteiger partial charge in [-0.25, -0.2) is 14.4 Å². The number of pyridine rings is 1. The molecule has 0 bridgehead atoms. The third-order valence-corrected chi connectivity index (χ3v) is 6.67. The van der Waals surface area contributed by atoms with Crippen LogP contribution in [-0.4, -0.2) is 65.1 Å². The van der Waals surface area contributed by atoms with Crippen LogP contribution < -0.4 is 15.4 Å². The lowest BCUT2D eigenvalue weighted by Crippen LogP contribution is -2.43. The highest BCUT2D eigenvalue weighted by Crippen LogP contribution is 2.31. The second-order valence-electron chi connectivity index (χ2n) is 8.42. The number of amides is 1. The standard InChI is InChI=1S/C25H27FN6O2S/c26-20-5-6-28-24-23(20)19(15-29-24)21-16-35-25(30-21)31-22(33)14-17-3-1-4-18(13-17)34-12-2-9-32-10-7-27-8-11-32/h1,3-6,13,15-16,27H,2,7-12,14H2,(H,28,29)(H,30,31,33). The molecule has 1 aliphatic rings. The Balaban J connectivity index is 1.14. The predicted molar refractivity (Wildman–Crippen MR) is 135 cm³/mol. The summed E-state index contributed by atoms with van der Waals surface area (Å²) in [6, 6.07) is 8.93. The minimum Gasteiger partial charge on any atom is -0.494 e. The molecule has 0 spiro atoms. The zero-order valence-corrected chi connectivity index (χ0v) is 20.0. The Morgan fingerprint density at radius 2 is 2.14 bits per heavy atom. The summed E-state index contributed by atoms with van der Waals surface area (Å²) in [6.45, 7) is 5.94. The first kappa shape index (κ1) is 23.4. The van der Waals surface area contributed by atoms with Crippen molar-refractivity contribution in [2.75, 3.05) is 44.6 Å². The maximum absolute atomic E-state index is 14.3. The number of anilines is 1. The van der Waals surface area contributed by atoms with Gasteiger partial charge in [0.05, 0.1) is 24.1 Å². The quantitative estimate of drug-likeness (QED) is 0.307. The molecule has 1 aromatic carbocycles. The van der Waals surface area contributed by atoms with E-state index in [1.54, 1.807) is 11.6 Å². The lowest BCUT2D eigenvalue weighted by Gasteiger charge is -2.26. The van der Waals surface area contributed by atoms with Crippen molar-refractivity contribution in [2.24, 2.45) is 0 Å². The van der Waals surface area contributed by atoms with Crippen LogP contribution in [0, 0.1) is 5.82 Å². The molecule has 0 radical (unpaired) electrons. The molecule has 0 atom stereocenters. The Morgan fingerprint density at radius 3 is 3.03 bits per heavy atom. The van der Waals surface area contributed by atoms with E-state index in [-0.39, 0.29) is 18.1 Å². The van der Waals surface area contributed by atoms with Crippen LogP contribution >= 0.6 is 11.3 Å². The van der Waals surface area contributed by atoms with E-state index in [1.165, 1.54) is 23.6 Å². The molecule has 3 N–H and O–H groups in total. The van der Waals surface area contributed by atoms with Crippen molar-refractivity contribution in [2.45, 2.75) is 12.8 Å². The number of benzene rings is 1. The number of piperazine rings is 1. The average molecular weight is 495 g/mol. The largest absolute Gasteiger partial charge is 0.494 e. The minimum absolute atomic E-state index is 0.173. The molecule has 1 aliphatic heterocycles. The normalized spacial score (nSPS) is 14.3. The van der Waals surface area contributed by atoms with Crippen LogP contribution in [0.5, 0.6) is 5.75 Å². The number of rotatable bonds is 9. The zero-order valence-electron chi connectivity index (χ0n) is 19.2. The van der Waals surface area contributed by atoms with Crippen molar-refractivity contribution in [1.29, 1.82) is 0 Å². The Morgan fingerprint density at radius 1 is 1.26 bits per heavy atom. The molecule has 0 unspecified atom stereocenters. The molecule has 10 heteroatoms. The molecular formula is C25H27FN6O2S. The molecule has 4 heterocycles. The van der Waals surface area contributed by atoms with Crippen LogP contribution in [0.1, 0.15) is 12.0 Å². The second kappa shape index (κ2) is 10.9.